The molecule has 0 bridgehead atoms. The summed E-state index contributed by atoms with van der Waals surface area (Å²) in [6.07, 6.45) is 1.02. The monoisotopic (exact) mass is 465 g/mol. The van der Waals surface area contributed by atoms with E-state index in [0.29, 0.717) is 39.6 Å². The van der Waals surface area contributed by atoms with Crippen LogP contribution in [0, 0.1) is 0 Å². The second kappa shape index (κ2) is 9.99. The molecule has 2 aromatic carbocycles. The van der Waals surface area contributed by atoms with E-state index in [1.807, 2.05) is 43.3 Å². The lowest BCUT2D eigenvalue weighted by atomic mass is 9.94. The Morgan fingerprint density at radius 2 is 1.82 bits per heavy atom. The van der Waals surface area contributed by atoms with Gasteiger partial charge in [-0.1, -0.05) is 49.0 Å². The second-order valence-electron chi connectivity index (χ2n) is 7.47. The first-order valence-corrected chi connectivity index (χ1v) is 11.7. The molecule has 33 heavy (non-hydrogen) atoms. The van der Waals surface area contributed by atoms with Crippen molar-refractivity contribution >= 4 is 29.3 Å². The van der Waals surface area contributed by atoms with Crippen LogP contribution in [0.4, 0.5) is 11.6 Å². The third kappa shape index (κ3) is 4.54. The lowest BCUT2D eigenvalue weighted by molar-refractivity contribution is -0.113. The highest BCUT2D eigenvalue weighted by molar-refractivity contribution is 7.99. The third-order valence-electron chi connectivity index (χ3n) is 5.30. The number of fused-ring (bicyclic) bond motifs is 1. The van der Waals surface area contributed by atoms with Gasteiger partial charge < -0.3 is 20.1 Å². The number of hydrogen-bond donors (Lipinski definition) is 2. The standard InChI is InChI=1S/C24H27N5O3S/c1-5-14-33-24-27-23-25-15(2)20(22(30)26-17-11-7-9-13-19(17)32-4)21(29(23)28-24)16-10-6-8-12-18(16)31-3/h6-13,21H,5,14H2,1-4H3,(H,26,30)(H,25,27,28). The summed E-state index contributed by atoms with van der Waals surface area (Å²) in [5.41, 5.74) is 2.64. The number of aromatic nitrogens is 3. The Bertz CT molecular complexity index is 1190. The lowest BCUT2D eigenvalue weighted by Crippen LogP contribution is -2.31. The van der Waals surface area contributed by atoms with Crippen LogP contribution in [0.3, 0.4) is 0 Å². The summed E-state index contributed by atoms with van der Waals surface area (Å²) in [4.78, 5) is 18.3. The molecule has 3 aromatic rings. The van der Waals surface area contributed by atoms with E-state index in [0.717, 1.165) is 17.7 Å². The van der Waals surface area contributed by atoms with Crippen molar-refractivity contribution in [1.29, 1.82) is 0 Å². The van der Waals surface area contributed by atoms with Gasteiger partial charge in [0.05, 0.1) is 25.5 Å². The predicted molar refractivity (Wildman–Crippen MR) is 130 cm³/mol. The van der Waals surface area contributed by atoms with Crippen molar-refractivity contribution in [2.45, 2.75) is 31.5 Å². The number of para-hydroxylation sites is 3. The van der Waals surface area contributed by atoms with Gasteiger partial charge in [0.15, 0.2) is 0 Å². The number of anilines is 2. The average Bonchev–Trinajstić information content (AvgIpc) is 3.24. The normalized spacial score (nSPS) is 15.0. The van der Waals surface area contributed by atoms with Gasteiger partial charge in [0.2, 0.25) is 11.1 Å². The Morgan fingerprint density at radius 3 is 2.55 bits per heavy atom. The van der Waals surface area contributed by atoms with Gasteiger partial charge in [-0.2, -0.15) is 4.98 Å². The maximum atomic E-state index is 13.6. The number of ether oxygens (including phenoxy) is 2. The van der Waals surface area contributed by atoms with Crippen molar-refractivity contribution in [2.75, 3.05) is 30.6 Å². The molecule has 2 heterocycles. The molecule has 8 nitrogen and oxygen atoms in total. The molecule has 0 saturated carbocycles. The fourth-order valence-corrected chi connectivity index (χ4v) is 4.48. The number of hydrogen-bond acceptors (Lipinski definition) is 7. The minimum atomic E-state index is -0.518. The maximum Gasteiger partial charge on any atom is 0.255 e. The molecule has 2 N–H and O–H groups in total. The molecule has 1 amide bonds. The van der Waals surface area contributed by atoms with Crippen molar-refractivity contribution < 1.29 is 14.3 Å². The smallest absolute Gasteiger partial charge is 0.255 e. The number of carbonyl (C=O) groups excluding carboxylic acids is 1. The van der Waals surface area contributed by atoms with E-state index in [-0.39, 0.29) is 5.91 Å². The topological polar surface area (TPSA) is 90.3 Å². The Morgan fingerprint density at radius 1 is 1.12 bits per heavy atom. The largest absolute Gasteiger partial charge is 0.496 e. The zero-order valence-electron chi connectivity index (χ0n) is 19.1. The summed E-state index contributed by atoms with van der Waals surface area (Å²) < 4.78 is 12.8. The van der Waals surface area contributed by atoms with Crippen LogP contribution < -0.4 is 20.1 Å². The summed E-state index contributed by atoms with van der Waals surface area (Å²) >= 11 is 1.59. The number of thioether (sulfide) groups is 1. The first kappa shape index (κ1) is 22.7. The number of nitrogens with one attached hydrogen (secondary N) is 2. The maximum absolute atomic E-state index is 13.6. The van der Waals surface area contributed by atoms with Gasteiger partial charge in [-0.25, -0.2) is 4.68 Å². The Kier molecular flexibility index (Phi) is 6.88. The van der Waals surface area contributed by atoms with Crippen LogP contribution in [-0.2, 0) is 4.79 Å². The minimum Gasteiger partial charge on any atom is -0.496 e. The van der Waals surface area contributed by atoms with E-state index in [9.17, 15) is 4.79 Å². The molecule has 1 atom stereocenters. The van der Waals surface area contributed by atoms with Gasteiger partial charge in [0.1, 0.15) is 17.5 Å². The first-order valence-electron chi connectivity index (χ1n) is 10.7. The van der Waals surface area contributed by atoms with Crippen molar-refractivity contribution in [3.05, 3.63) is 65.4 Å². The molecule has 1 unspecified atom stereocenters. The molecule has 0 radical (unpaired) electrons. The van der Waals surface area contributed by atoms with Gasteiger partial charge in [0, 0.05) is 17.0 Å². The first-order chi connectivity index (χ1) is 16.1. The minimum absolute atomic E-state index is 0.260. The van der Waals surface area contributed by atoms with E-state index in [1.54, 1.807) is 42.8 Å². The van der Waals surface area contributed by atoms with E-state index < -0.39 is 6.04 Å². The van der Waals surface area contributed by atoms with Gasteiger partial charge in [0.25, 0.3) is 5.91 Å². The lowest BCUT2D eigenvalue weighted by Gasteiger charge is -2.29. The van der Waals surface area contributed by atoms with Crippen LogP contribution in [0.15, 0.2) is 65.0 Å². The number of allylic oxidation sites excluding steroid dienone is 1. The molecule has 172 valence electrons. The molecule has 0 aliphatic carbocycles. The molecule has 4 rings (SSSR count). The summed E-state index contributed by atoms with van der Waals surface area (Å²) in [7, 11) is 3.20. The van der Waals surface area contributed by atoms with Crippen molar-refractivity contribution in [3.8, 4) is 11.5 Å². The zero-order valence-corrected chi connectivity index (χ0v) is 19.9. The molecule has 9 heteroatoms. The van der Waals surface area contributed by atoms with Crippen LogP contribution >= 0.6 is 11.8 Å². The molecule has 1 aliphatic heterocycles. The highest BCUT2D eigenvalue weighted by Crippen LogP contribution is 2.40. The molecular formula is C24H27N5O3S. The number of rotatable bonds is 8. The highest BCUT2D eigenvalue weighted by atomic mass is 32.2. The Balaban J connectivity index is 1.80. The van der Waals surface area contributed by atoms with Crippen molar-refractivity contribution in [2.24, 2.45) is 0 Å². The van der Waals surface area contributed by atoms with Gasteiger partial charge in [-0.3, -0.25) is 4.79 Å². The predicted octanol–water partition coefficient (Wildman–Crippen LogP) is 4.73. The third-order valence-corrected chi connectivity index (χ3v) is 6.35. The number of benzene rings is 2. The molecular weight excluding hydrogens is 438 g/mol. The average molecular weight is 466 g/mol. The van der Waals surface area contributed by atoms with E-state index in [1.165, 1.54) is 0 Å². The van der Waals surface area contributed by atoms with E-state index in [2.05, 4.69) is 22.5 Å². The highest BCUT2D eigenvalue weighted by Gasteiger charge is 2.36. The molecule has 0 fully saturated rings. The molecule has 1 aliphatic rings. The van der Waals surface area contributed by atoms with Crippen LogP contribution in [0.25, 0.3) is 0 Å². The summed E-state index contributed by atoms with van der Waals surface area (Å²) in [6, 6.07) is 14.5. The SMILES string of the molecule is CCCSc1nc2n(n1)C(c1ccccc1OC)C(C(=O)Nc1ccccc1OC)=C(C)N2. The molecule has 0 spiro atoms. The summed E-state index contributed by atoms with van der Waals surface area (Å²) in [5.74, 6) is 2.50. The van der Waals surface area contributed by atoms with Crippen LogP contribution in [-0.4, -0.2) is 40.6 Å². The fraction of sp³-hybridized carbons (Fsp3) is 0.292. The number of nitrogens with zero attached hydrogens (tertiary/aromatic N) is 3. The van der Waals surface area contributed by atoms with Crippen LogP contribution in [0.1, 0.15) is 31.9 Å². The van der Waals surface area contributed by atoms with Crippen LogP contribution in [0.5, 0.6) is 11.5 Å². The second-order valence-corrected chi connectivity index (χ2v) is 8.54. The van der Waals surface area contributed by atoms with Crippen molar-refractivity contribution in [1.82, 2.24) is 14.8 Å². The summed E-state index contributed by atoms with van der Waals surface area (Å²) in [6.45, 7) is 3.99. The van der Waals surface area contributed by atoms with Crippen LogP contribution in [0.2, 0.25) is 0 Å². The zero-order chi connectivity index (χ0) is 23.4. The molecule has 0 saturated heterocycles. The van der Waals surface area contributed by atoms with Crippen molar-refractivity contribution in [3.63, 3.8) is 0 Å². The Labute approximate surface area is 197 Å². The number of amides is 1. The van der Waals surface area contributed by atoms with Gasteiger partial charge >= 0.3 is 0 Å². The van der Waals surface area contributed by atoms with E-state index >= 15 is 0 Å². The number of methoxy groups -OCH3 is 2. The van der Waals surface area contributed by atoms with E-state index in [4.69, 9.17) is 14.6 Å². The van der Waals surface area contributed by atoms with Gasteiger partial charge in [-0.15, -0.1) is 5.10 Å². The fourth-order valence-electron chi connectivity index (χ4n) is 3.80. The number of carbonyl (C=O) groups is 1. The Hall–Kier alpha value is -3.46. The summed E-state index contributed by atoms with van der Waals surface area (Å²) in [5, 5.41) is 11.7. The molecule has 1 aromatic heterocycles. The van der Waals surface area contributed by atoms with Gasteiger partial charge in [-0.05, 0) is 31.5 Å². The quantitative estimate of drug-likeness (QED) is 0.465.